The predicted molar refractivity (Wildman–Crippen MR) is 132 cm³/mol. The quantitative estimate of drug-likeness (QED) is 0.267. The number of hydrogen-bond acceptors (Lipinski definition) is 6. The zero-order valence-electron chi connectivity index (χ0n) is 21.0. The van der Waals surface area contributed by atoms with E-state index in [1.807, 2.05) is 32.9 Å². The van der Waals surface area contributed by atoms with Gasteiger partial charge in [0.15, 0.2) is 16.4 Å². The number of aryl methyl sites for hydroxylation is 1. The molecule has 1 aromatic heterocycles. The van der Waals surface area contributed by atoms with E-state index in [0.29, 0.717) is 18.9 Å². The van der Waals surface area contributed by atoms with Crippen LogP contribution in [0.15, 0.2) is 11.6 Å². The fourth-order valence-corrected chi connectivity index (χ4v) is 5.88. The van der Waals surface area contributed by atoms with E-state index in [1.165, 1.54) is 11.0 Å². The van der Waals surface area contributed by atoms with E-state index in [1.54, 1.807) is 0 Å². The molecule has 2 rings (SSSR count). The lowest BCUT2D eigenvalue weighted by molar-refractivity contribution is -0.149. The number of hydrogen-bond donors (Lipinski definition) is 0. The van der Waals surface area contributed by atoms with E-state index in [-0.39, 0.29) is 17.1 Å². The number of ether oxygens (including phenoxy) is 1. The highest BCUT2D eigenvalue weighted by atomic mass is 32.2. The van der Waals surface area contributed by atoms with E-state index >= 15 is 0 Å². The van der Waals surface area contributed by atoms with Gasteiger partial charge in [-0.3, -0.25) is 4.79 Å². The number of carbonyl (C=O) groups is 2. The number of esters is 1. The molecule has 0 aromatic carbocycles. The normalized spacial score (nSPS) is 17.6. The first-order valence-corrected chi connectivity index (χ1v) is 13.8. The van der Waals surface area contributed by atoms with E-state index in [2.05, 4.69) is 18.4 Å². The lowest BCUT2D eigenvalue weighted by Gasteiger charge is -2.28. The van der Waals surface area contributed by atoms with Gasteiger partial charge in [-0.05, 0) is 56.7 Å². The van der Waals surface area contributed by atoms with Gasteiger partial charge < -0.3 is 14.2 Å². The Morgan fingerprint density at radius 2 is 2.06 bits per heavy atom. The molecule has 9 heteroatoms. The largest absolute Gasteiger partial charge is 0.451 e. The van der Waals surface area contributed by atoms with Gasteiger partial charge in [-0.25, -0.2) is 13.2 Å². The van der Waals surface area contributed by atoms with Gasteiger partial charge in [0.1, 0.15) is 11.6 Å². The highest BCUT2D eigenvalue weighted by molar-refractivity contribution is 7.91. The molecule has 8 nitrogen and oxygen atoms in total. The zero-order chi connectivity index (χ0) is 25.5. The van der Waals surface area contributed by atoms with Crippen molar-refractivity contribution in [3.63, 3.8) is 0 Å². The van der Waals surface area contributed by atoms with E-state index in [4.69, 9.17) is 4.74 Å². The van der Waals surface area contributed by atoms with Crippen molar-refractivity contribution in [2.24, 2.45) is 5.92 Å². The van der Waals surface area contributed by atoms with Crippen molar-refractivity contribution >= 4 is 27.8 Å². The van der Waals surface area contributed by atoms with Gasteiger partial charge in [-0.15, -0.1) is 0 Å². The Labute approximate surface area is 203 Å². The van der Waals surface area contributed by atoms with Crippen LogP contribution in [0.1, 0.15) is 63.4 Å². The minimum absolute atomic E-state index is 0.0598. The van der Waals surface area contributed by atoms with E-state index in [9.17, 15) is 23.3 Å². The van der Waals surface area contributed by atoms with Crippen molar-refractivity contribution in [1.29, 1.82) is 5.26 Å². The van der Waals surface area contributed by atoms with Crippen LogP contribution >= 0.6 is 0 Å². The van der Waals surface area contributed by atoms with Crippen LogP contribution < -0.4 is 0 Å². The molecule has 0 aliphatic carbocycles. The Morgan fingerprint density at radius 1 is 1.35 bits per heavy atom. The zero-order valence-corrected chi connectivity index (χ0v) is 21.8. The number of carbonyl (C=O) groups excluding carboxylic acids is 2. The van der Waals surface area contributed by atoms with Crippen LogP contribution in [0.3, 0.4) is 0 Å². The summed E-state index contributed by atoms with van der Waals surface area (Å²) in [6.45, 7) is 11.0. The number of amides is 1. The summed E-state index contributed by atoms with van der Waals surface area (Å²) in [5, 5.41) is 9.53. The van der Waals surface area contributed by atoms with Crippen molar-refractivity contribution in [2.45, 2.75) is 72.9 Å². The van der Waals surface area contributed by atoms with Gasteiger partial charge in [0.2, 0.25) is 0 Å². The summed E-state index contributed by atoms with van der Waals surface area (Å²) in [6, 6.07) is 3.41. The van der Waals surface area contributed by atoms with Crippen LogP contribution in [0, 0.1) is 31.1 Å². The third kappa shape index (κ3) is 7.45. The second-order valence-electron chi connectivity index (χ2n) is 9.40. The molecule has 1 aliphatic rings. The highest BCUT2D eigenvalue weighted by Crippen LogP contribution is 2.21. The third-order valence-corrected chi connectivity index (χ3v) is 7.98. The Balaban J connectivity index is 2.09. The SMILES string of the molecule is CCCCN(C(=O)COC(=O)/C(C#N)=C/c1cc(C)n(CCC(C)C)c1C)C1CCS(=O)(=O)C1. The van der Waals surface area contributed by atoms with Gasteiger partial charge in [0.05, 0.1) is 11.5 Å². The van der Waals surface area contributed by atoms with Crippen LogP contribution in [-0.4, -0.2) is 60.5 Å². The first-order valence-electron chi connectivity index (χ1n) is 11.9. The molecule has 1 amide bonds. The molecule has 1 aliphatic heterocycles. The van der Waals surface area contributed by atoms with Gasteiger partial charge in [0, 0.05) is 30.5 Å². The number of nitriles is 1. The van der Waals surface area contributed by atoms with Crippen LogP contribution in [0.2, 0.25) is 0 Å². The number of rotatable bonds is 11. The van der Waals surface area contributed by atoms with Crippen molar-refractivity contribution in [3.05, 3.63) is 28.6 Å². The average Bonchev–Trinajstić information content (AvgIpc) is 3.26. The molecule has 0 N–H and O–H groups in total. The molecule has 1 fully saturated rings. The summed E-state index contributed by atoms with van der Waals surface area (Å²) < 4.78 is 31.1. The molecule has 0 saturated carbocycles. The van der Waals surface area contributed by atoms with Crippen molar-refractivity contribution in [3.8, 4) is 6.07 Å². The molecule has 0 spiro atoms. The molecule has 1 atom stereocenters. The monoisotopic (exact) mass is 491 g/mol. The molecule has 1 saturated heterocycles. The number of nitrogens with zero attached hydrogens (tertiary/aromatic N) is 3. The second-order valence-corrected chi connectivity index (χ2v) is 11.6. The Kier molecular flexibility index (Phi) is 9.92. The van der Waals surface area contributed by atoms with Crippen LogP contribution in [-0.2, 0) is 30.7 Å². The lowest BCUT2D eigenvalue weighted by atomic mass is 10.1. The van der Waals surface area contributed by atoms with Gasteiger partial charge in [-0.1, -0.05) is 27.2 Å². The summed E-state index contributed by atoms with van der Waals surface area (Å²) in [6.07, 6.45) is 4.48. The maximum atomic E-state index is 12.8. The summed E-state index contributed by atoms with van der Waals surface area (Å²) in [4.78, 5) is 26.9. The number of aromatic nitrogens is 1. The van der Waals surface area contributed by atoms with E-state index < -0.39 is 34.4 Å². The minimum Gasteiger partial charge on any atom is -0.451 e. The topological polar surface area (TPSA) is 109 Å². The first kappa shape index (κ1) is 27.6. The summed E-state index contributed by atoms with van der Waals surface area (Å²) in [5.74, 6) is -0.745. The molecule has 2 heterocycles. The summed E-state index contributed by atoms with van der Waals surface area (Å²) in [7, 11) is -3.15. The molecular weight excluding hydrogens is 454 g/mol. The van der Waals surface area contributed by atoms with Crippen molar-refractivity contribution in [2.75, 3.05) is 24.7 Å². The third-order valence-electron chi connectivity index (χ3n) is 6.23. The Bertz CT molecular complexity index is 1060. The minimum atomic E-state index is -3.15. The second kappa shape index (κ2) is 12.2. The molecule has 34 heavy (non-hydrogen) atoms. The lowest BCUT2D eigenvalue weighted by Crippen LogP contribution is -2.44. The Hall–Kier alpha value is -2.60. The first-order chi connectivity index (χ1) is 16.0. The van der Waals surface area contributed by atoms with Crippen molar-refractivity contribution < 1.29 is 22.7 Å². The molecule has 0 bridgehead atoms. The van der Waals surface area contributed by atoms with Crippen LogP contribution in [0.4, 0.5) is 0 Å². The molecular formula is C25H37N3O5S. The number of unbranched alkanes of at least 4 members (excludes halogenated alkanes) is 1. The predicted octanol–water partition coefficient (Wildman–Crippen LogP) is 3.42. The molecule has 1 aromatic rings. The van der Waals surface area contributed by atoms with Gasteiger partial charge in [-0.2, -0.15) is 5.26 Å². The maximum Gasteiger partial charge on any atom is 0.349 e. The molecule has 1 unspecified atom stereocenters. The fourth-order valence-electron chi connectivity index (χ4n) is 4.15. The number of sulfone groups is 1. The molecule has 0 radical (unpaired) electrons. The van der Waals surface area contributed by atoms with Crippen LogP contribution in [0.25, 0.3) is 6.08 Å². The maximum absolute atomic E-state index is 12.8. The smallest absolute Gasteiger partial charge is 0.349 e. The fraction of sp³-hybridized carbons (Fsp3) is 0.640. The molecule has 188 valence electrons. The van der Waals surface area contributed by atoms with Crippen molar-refractivity contribution in [1.82, 2.24) is 9.47 Å². The van der Waals surface area contributed by atoms with E-state index in [0.717, 1.165) is 42.8 Å². The average molecular weight is 492 g/mol. The standard InChI is InChI=1S/C25H37N3O5S/c1-6-7-10-28(23-9-12-34(31,32)17-23)24(29)16-33-25(30)22(15-26)14-21-13-19(4)27(20(21)5)11-8-18(2)3/h13-14,18,23H,6-12,16-17H2,1-5H3/b22-14+. The van der Waals surface area contributed by atoms with Gasteiger partial charge in [0.25, 0.3) is 5.91 Å². The Morgan fingerprint density at radius 3 is 2.62 bits per heavy atom. The summed E-state index contributed by atoms with van der Waals surface area (Å²) in [5.41, 5.74) is 2.59. The summed E-state index contributed by atoms with van der Waals surface area (Å²) >= 11 is 0. The highest BCUT2D eigenvalue weighted by Gasteiger charge is 2.34. The van der Waals surface area contributed by atoms with Gasteiger partial charge >= 0.3 is 5.97 Å². The van der Waals surface area contributed by atoms with Crippen LogP contribution in [0.5, 0.6) is 0 Å².